The average molecular weight is 309 g/mol. The van der Waals surface area contributed by atoms with Gasteiger partial charge in [0.25, 0.3) is 5.56 Å². The third kappa shape index (κ3) is 3.71. The molecule has 0 radical (unpaired) electrons. The SMILES string of the molecule is Cc1ncc(Br)c(=O)n1CCCS(C)(=O)=O. The highest BCUT2D eigenvalue weighted by Crippen LogP contribution is 2.02. The summed E-state index contributed by atoms with van der Waals surface area (Å²) in [7, 11) is -2.98. The maximum absolute atomic E-state index is 11.7. The van der Waals surface area contributed by atoms with E-state index in [1.54, 1.807) is 6.92 Å². The Hall–Kier alpha value is -0.690. The van der Waals surface area contributed by atoms with E-state index in [-0.39, 0.29) is 11.3 Å². The molecule has 0 N–H and O–H groups in total. The molecule has 1 aromatic heterocycles. The Morgan fingerprint density at radius 1 is 1.50 bits per heavy atom. The molecule has 0 aliphatic heterocycles. The van der Waals surface area contributed by atoms with Gasteiger partial charge in [0.1, 0.15) is 20.1 Å². The van der Waals surface area contributed by atoms with Crippen molar-refractivity contribution in [2.45, 2.75) is 19.9 Å². The largest absolute Gasteiger partial charge is 0.296 e. The summed E-state index contributed by atoms with van der Waals surface area (Å²) >= 11 is 3.10. The quantitative estimate of drug-likeness (QED) is 0.823. The van der Waals surface area contributed by atoms with Gasteiger partial charge >= 0.3 is 0 Å². The molecule has 1 aromatic rings. The van der Waals surface area contributed by atoms with Crippen LogP contribution in [-0.4, -0.2) is 30.0 Å². The van der Waals surface area contributed by atoms with Gasteiger partial charge in [0.05, 0.1) is 5.75 Å². The van der Waals surface area contributed by atoms with Crippen molar-refractivity contribution >= 4 is 25.8 Å². The van der Waals surface area contributed by atoms with Crippen LogP contribution in [0.1, 0.15) is 12.2 Å². The van der Waals surface area contributed by atoms with Crippen LogP contribution in [0, 0.1) is 6.92 Å². The van der Waals surface area contributed by atoms with E-state index in [4.69, 9.17) is 0 Å². The number of aryl methyl sites for hydroxylation is 1. The number of sulfone groups is 1. The number of rotatable bonds is 4. The van der Waals surface area contributed by atoms with Crippen molar-refractivity contribution in [1.29, 1.82) is 0 Å². The van der Waals surface area contributed by atoms with Crippen LogP contribution in [0.2, 0.25) is 0 Å². The molecule has 0 spiro atoms. The lowest BCUT2D eigenvalue weighted by molar-refractivity contribution is 0.581. The number of nitrogens with zero attached hydrogens (tertiary/aromatic N) is 2. The van der Waals surface area contributed by atoms with E-state index in [9.17, 15) is 13.2 Å². The van der Waals surface area contributed by atoms with Gasteiger partial charge in [-0.3, -0.25) is 9.36 Å². The fourth-order valence-electron chi connectivity index (χ4n) is 1.30. The van der Waals surface area contributed by atoms with Crippen LogP contribution in [0.15, 0.2) is 15.5 Å². The molecular formula is C9H13BrN2O3S. The molecule has 1 heterocycles. The first-order valence-electron chi connectivity index (χ1n) is 4.71. The molecule has 0 atom stereocenters. The Kier molecular flexibility index (Phi) is 4.26. The lowest BCUT2D eigenvalue weighted by Gasteiger charge is -2.08. The molecule has 16 heavy (non-hydrogen) atoms. The summed E-state index contributed by atoms with van der Waals surface area (Å²) in [6, 6.07) is 0. The van der Waals surface area contributed by atoms with Crippen molar-refractivity contribution < 1.29 is 8.42 Å². The van der Waals surface area contributed by atoms with Gasteiger partial charge < -0.3 is 0 Å². The molecule has 0 aliphatic carbocycles. The summed E-state index contributed by atoms with van der Waals surface area (Å²) in [5.41, 5.74) is -0.180. The Labute approximate surface area is 103 Å². The van der Waals surface area contributed by atoms with Crippen molar-refractivity contribution in [3.05, 3.63) is 26.8 Å². The molecule has 0 saturated heterocycles. The lowest BCUT2D eigenvalue weighted by Crippen LogP contribution is -2.25. The maximum atomic E-state index is 11.7. The Balaban J connectivity index is 2.82. The second kappa shape index (κ2) is 5.09. The molecule has 0 amide bonds. The third-order valence-electron chi connectivity index (χ3n) is 2.10. The zero-order valence-corrected chi connectivity index (χ0v) is 11.5. The van der Waals surface area contributed by atoms with Crippen molar-refractivity contribution in [3.8, 4) is 0 Å². The Morgan fingerprint density at radius 3 is 2.69 bits per heavy atom. The van der Waals surface area contributed by atoms with Gasteiger partial charge in [0, 0.05) is 19.0 Å². The lowest BCUT2D eigenvalue weighted by atomic mass is 10.4. The molecule has 0 fully saturated rings. The van der Waals surface area contributed by atoms with Crippen LogP contribution < -0.4 is 5.56 Å². The zero-order chi connectivity index (χ0) is 12.3. The molecule has 0 unspecified atom stereocenters. The number of halogens is 1. The summed E-state index contributed by atoms with van der Waals surface area (Å²) in [5.74, 6) is 0.660. The summed E-state index contributed by atoms with van der Waals surface area (Å²) < 4.78 is 23.7. The smallest absolute Gasteiger partial charge is 0.267 e. The maximum Gasteiger partial charge on any atom is 0.267 e. The van der Waals surface area contributed by atoms with Crippen LogP contribution >= 0.6 is 15.9 Å². The minimum atomic E-state index is -2.98. The second-order valence-corrected chi connectivity index (χ2v) is 6.71. The highest BCUT2D eigenvalue weighted by Gasteiger charge is 2.07. The summed E-state index contributed by atoms with van der Waals surface area (Å²) in [6.07, 6.45) is 3.05. The van der Waals surface area contributed by atoms with Gasteiger partial charge in [0.15, 0.2) is 0 Å². The fourth-order valence-corrected chi connectivity index (χ4v) is 2.27. The van der Waals surface area contributed by atoms with Crippen LogP contribution in [0.5, 0.6) is 0 Å². The van der Waals surface area contributed by atoms with Gasteiger partial charge in [-0.25, -0.2) is 13.4 Å². The monoisotopic (exact) mass is 308 g/mol. The Bertz CT molecular complexity index is 536. The van der Waals surface area contributed by atoms with Gasteiger partial charge in [-0.2, -0.15) is 0 Å². The number of hydrogen-bond acceptors (Lipinski definition) is 4. The van der Waals surface area contributed by atoms with Crippen LogP contribution in [0.3, 0.4) is 0 Å². The molecule has 0 bridgehead atoms. The van der Waals surface area contributed by atoms with E-state index in [1.807, 2.05) is 0 Å². The number of hydrogen-bond donors (Lipinski definition) is 0. The molecule has 0 aromatic carbocycles. The predicted octanol–water partition coefficient (Wildman–Crippen LogP) is 0.749. The Morgan fingerprint density at radius 2 is 2.12 bits per heavy atom. The van der Waals surface area contributed by atoms with E-state index in [0.29, 0.717) is 23.3 Å². The molecular weight excluding hydrogens is 296 g/mol. The van der Waals surface area contributed by atoms with Gasteiger partial charge in [-0.15, -0.1) is 0 Å². The molecule has 7 heteroatoms. The molecule has 1 rings (SSSR count). The van der Waals surface area contributed by atoms with Crippen molar-refractivity contribution in [1.82, 2.24) is 9.55 Å². The van der Waals surface area contributed by atoms with Crippen molar-refractivity contribution in [3.63, 3.8) is 0 Å². The highest BCUT2D eigenvalue weighted by atomic mass is 79.9. The second-order valence-electron chi connectivity index (χ2n) is 3.59. The molecule has 5 nitrogen and oxygen atoms in total. The van der Waals surface area contributed by atoms with E-state index < -0.39 is 9.84 Å². The average Bonchev–Trinajstić information content (AvgIpc) is 2.16. The minimum Gasteiger partial charge on any atom is -0.296 e. The number of aromatic nitrogens is 2. The van der Waals surface area contributed by atoms with E-state index in [2.05, 4.69) is 20.9 Å². The van der Waals surface area contributed by atoms with Crippen molar-refractivity contribution in [2.24, 2.45) is 0 Å². The first kappa shape index (κ1) is 13.4. The first-order chi connectivity index (χ1) is 7.31. The van der Waals surface area contributed by atoms with Crippen molar-refractivity contribution in [2.75, 3.05) is 12.0 Å². The third-order valence-corrected chi connectivity index (χ3v) is 3.68. The topological polar surface area (TPSA) is 69.0 Å². The predicted molar refractivity (Wildman–Crippen MR) is 65.3 cm³/mol. The molecule has 0 saturated carbocycles. The van der Waals surface area contributed by atoms with E-state index in [1.165, 1.54) is 17.0 Å². The highest BCUT2D eigenvalue weighted by molar-refractivity contribution is 9.10. The molecule has 90 valence electrons. The standard InChI is InChI=1S/C9H13BrN2O3S/c1-7-11-6-8(10)9(13)12(7)4-3-5-16(2,14)15/h6H,3-5H2,1-2H3. The van der Waals surface area contributed by atoms with Crippen LogP contribution in [0.25, 0.3) is 0 Å². The summed E-state index contributed by atoms with van der Waals surface area (Å²) in [4.78, 5) is 15.7. The fraction of sp³-hybridized carbons (Fsp3) is 0.556. The first-order valence-corrected chi connectivity index (χ1v) is 7.56. The zero-order valence-electron chi connectivity index (χ0n) is 9.10. The summed E-state index contributed by atoms with van der Waals surface area (Å²) in [5, 5.41) is 0. The van der Waals surface area contributed by atoms with Gasteiger partial charge in [-0.1, -0.05) is 0 Å². The van der Waals surface area contributed by atoms with Gasteiger partial charge in [-0.05, 0) is 29.3 Å². The molecule has 0 aliphatic rings. The van der Waals surface area contributed by atoms with E-state index >= 15 is 0 Å². The van der Waals surface area contributed by atoms with Gasteiger partial charge in [0.2, 0.25) is 0 Å². The summed E-state index contributed by atoms with van der Waals surface area (Å²) in [6.45, 7) is 2.08. The minimum absolute atomic E-state index is 0.0748. The van der Waals surface area contributed by atoms with E-state index in [0.717, 1.165) is 0 Å². The van der Waals surface area contributed by atoms with Crippen LogP contribution in [0.4, 0.5) is 0 Å². The normalized spacial score (nSPS) is 11.7. The van der Waals surface area contributed by atoms with Crippen LogP contribution in [-0.2, 0) is 16.4 Å².